The van der Waals surface area contributed by atoms with E-state index in [0.29, 0.717) is 22.9 Å². The smallest absolute Gasteiger partial charge is 0.268 e. The predicted octanol–water partition coefficient (Wildman–Crippen LogP) is 4.11. The summed E-state index contributed by atoms with van der Waals surface area (Å²) in [5.41, 5.74) is 1.41. The Bertz CT molecular complexity index is 1280. The van der Waals surface area contributed by atoms with Crippen molar-refractivity contribution < 1.29 is 17.9 Å². The molecule has 0 spiro atoms. The average molecular weight is 489 g/mol. The Morgan fingerprint density at radius 3 is 2.50 bits per heavy atom. The summed E-state index contributed by atoms with van der Waals surface area (Å²) < 4.78 is 29.2. The number of anilines is 1. The molecular formula is C21H17ClN4O4S2. The highest BCUT2D eigenvalue weighted by molar-refractivity contribution is 7.93. The molecule has 0 aliphatic rings. The maximum atomic E-state index is 12.4. The number of sulfone groups is 1. The average Bonchev–Trinajstić information content (AvgIpc) is 3.27. The Morgan fingerprint density at radius 1 is 1.19 bits per heavy atom. The normalized spacial score (nSPS) is 11.6. The highest BCUT2D eigenvalue weighted by atomic mass is 35.5. The van der Waals surface area contributed by atoms with Crippen LogP contribution in [0, 0.1) is 11.3 Å². The number of hydrogen-bond donors (Lipinski definition) is 1. The van der Waals surface area contributed by atoms with Gasteiger partial charge in [0.2, 0.25) is 19.3 Å². The molecule has 0 saturated heterocycles. The molecule has 0 saturated carbocycles. The fraction of sp³-hybridized carbons (Fsp3) is 0.143. The molecule has 1 amide bonds. The van der Waals surface area contributed by atoms with Gasteiger partial charge in [0, 0.05) is 5.02 Å². The molecule has 0 aliphatic heterocycles. The van der Waals surface area contributed by atoms with Crippen LogP contribution in [0.15, 0.2) is 58.4 Å². The van der Waals surface area contributed by atoms with E-state index < -0.39 is 15.7 Å². The molecule has 1 N–H and O–H groups in total. The molecule has 0 atom stereocenters. The fourth-order valence-corrected chi connectivity index (χ4v) is 4.51. The largest absolute Gasteiger partial charge is 0.489 e. The van der Waals surface area contributed by atoms with Crippen molar-refractivity contribution in [2.24, 2.45) is 0 Å². The summed E-state index contributed by atoms with van der Waals surface area (Å²) in [6.07, 6.45) is 1.41. The molecule has 11 heteroatoms. The van der Waals surface area contributed by atoms with Crippen LogP contribution in [0.4, 0.5) is 5.13 Å². The van der Waals surface area contributed by atoms with Crippen molar-refractivity contribution in [1.29, 1.82) is 5.26 Å². The SMILES string of the molecule is CCS(=O)(=O)c1nnc(NC(=O)/C(C#N)=C\c2ccc(OCc3ccc(Cl)cc3)cc2)s1. The van der Waals surface area contributed by atoms with Gasteiger partial charge in [-0.1, -0.05) is 54.1 Å². The van der Waals surface area contributed by atoms with E-state index in [1.54, 1.807) is 36.4 Å². The molecule has 3 rings (SSSR count). The molecule has 0 unspecified atom stereocenters. The Labute approximate surface area is 194 Å². The molecule has 1 heterocycles. The second-order valence-corrected chi connectivity index (χ2v) is 10.3. The first-order valence-electron chi connectivity index (χ1n) is 9.27. The van der Waals surface area contributed by atoms with Gasteiger partial charge in [0.05, 0.1) is 5.75 Å². The van der Waals surface area contributed by atoms with Crippen LogP contribution >= 0.6 is 22.9 Å². The summed E-state index contributed by atoms with van der Waals surface area (Å²) in [7, 11) is -3.52. The standard InChI is InChI=1S/C21H17ClN4O4S2/c1-2-32(28,29)21-26-25-20(31-21)24-19(27)16(12-23)11-14-5-9-18(10-6-14)30-13-15-3-7-17(22)8-4-15/h3-11H,2,13H2,1H3,(H,24,25,27)/b16-11-. The number of hydrogen-bond acceptors (Lipinski definition) is 8. The van der Waals surface area contributed by atoms with Gasteiger partial charge < -0.3 is 4.74 Å². The third-order valence-corrected chi connectivity index (χ3v) is 7.42. The lowest BCUT2D eigenvalue weighted by Gasteiger charge is -2.07. The third-order valence-electron chi connectivity index (χ3n) is 4.15. The van der Waals surface area contributed by atoms with E-state index in [2.05, 4.69) is 15.5 Å². The van der Waals surface area contributed by atoms with Crippen molar-refractivity contribution in [2.75, 3.05) is 11.1 Å². The number of nitrogens with zero attached hydrogens (tertiary/aromatic N) is 3. The number of nitriles is 1. The molecule has 32 heavy (non-hydrogen) atoms. The highest BCUT2D eigenvalue weighted by Gasteiger charge is 2.19. The van der Waals surface area contributed by atoms with E-state index in [1.165, 1.54) is 13.0 Å². The number of carbonyl (C=O) groups is 1. The number of carbonyl (C=O) groups excluding carboxylic acids is 1. The number of ether oxygens (including phenoxy) is 1. The number of aromatic nitrogens is 2. The molecule has 0 radical (unpaired) electrons. The first-order valence-corrected chi connectivity index (χ1v) is 12.1. The molecule has 2 aromatic carbocycles. The van der Waals surface area contributed by atoms with Crippen LogP contribution in [0.25, 0.3) is 6.08 Å². The zero-order valence-electron chi connectivity index (χ0n) is 16.8. The Morgan fingerprint density at radius 2 is 1.88 bits per heavy atom. The number of benzene rings is 2. The molecule has 0 fully saturated rings. The van der Waals surface area contributed by atoms with Crippen LogP contribution in [-0.2, 0) is 21.2 Å². The summed E-state index contributed by atoms with van der Waals surface area (Å²) in [6, 6.07) is 16.0. The first kappa shape index (κ1) is 23.4. The van der Waals surface area contributed by atoms with Crippen molar-refractivity contribution in [3.8, 4) is 11.8 Å². The molecular weight excluding hydrogens is 472 g/mol. The third kappa shape index (κ3) is 6.13. The zero-order valence-corrected chi connectivity index (χ0v) is 19.2. The first-order chi connectivity index (χ1) is 15.3. The van der Waals surface area contributed by atoms with Crippen molar-refractivity contribution in [1.82, 2.24) is 10.2 Å². The molecule has 3 aromatic rings. The fourth-order valence-electron chi connectivity index (χ4n) is 2.40. The van der Waals surface area contributed by atoms with Gasteiger partial charge in [0.1, 0.15) is 24.0 Å². The van der Waals surface area contributed by atoms with Crippen molar-refractivity contribution in [3.05, 3.63) is 70.3 Å². The minimum Gasteiger partial charge on any atom is -0.489 e. The van der Waals surface area contributed by atoms with E-state index >= 15 is 0 Å². The highest BCUT2D eigenvalue weighted by Crippen LogP contribution is 2.22. The van der Waals surface area contributed by atoms with Gasteiger partial charge in [0.15, 0.2) is 0 Å². The minimum atomic E-state index is -3.52. The zero-order chi connectivity index (χ0) is 23.1. The van der Waals surface area contributed by atoms with Crippen LogP contribution in [0.1, 0.15) is 18.1 Å². The van der Waals surface area contributed by atoms with E-state index in [9.17, 15) is 18.5 Å². The van der Waals surface area contributed by atoms with Crippen LogP contribution in [0.5, 0.6) is 5.75 Å². The topological polar surface area (TPSA) is 122 Å². The summed E-state index contributed by atoms with van der Waals surface area (Å²) >= 11 is 6.60. The monoisotopic (exact) mass is 488 g/mol. The molecule has 164 valence electrons. The summed E-state index contributed by atoms with van der Waals surface area (Å²) in [6.45, 7) is 1.86. The van der Waals surface area contributed by atoms with Crippen LogP contribution in [-0.4, -0.2) is 30.3 Å². The van der Waals surface area contributed by atoms with Crippen LogP contribution in [0.3, 0.4) is 0 Å². The number of amides is 1. The summed E-state index contributed by atoms with van der Waals surface area (Å²) in [5, 5.41) is 19.6. The molecule has 8 nitrogen and oxygen atoms in total. The van der Waals surface area contributed by atoms with Crippen LogP contribution in [0.2, 0.25) is 5.02 Å². The quantitative estimate of drug-likeness (QED) is 0.287. The summed E-state index contributed by atoms with van der Waals surface area (Å²) in [5.74, 6) is -0.219. The molecule has 0 bridgehead atoms. The van der Waals surface area contributed by atoms with E-state index in [1.807, 2.05) is 18.2 Å². The summed E-state index contributed by atoms with van der Waals surface area (Å²) in [4.78, 5) is 12.4. The molecule has 1 aromatic heterocycles. The predicted molar refractivity (Wildman–Crippen MR) is 122 cm³/mol. The molecule has 0 aliphatic carbocycles. The number of rotatable bonds is 8. The van der Waals surface area contributed by atoms with Crippen molar-refractivity contribution >= 4 is 49.9 Å². The van der Waals surface area contributed by atoms with E-state index in [4.69, 9.17) is 16.3 Å². The maximum absolute atomic E-state index is 12.4. The number of halogens is 1. The van der Waals surface area contributed by atoms with Gasteiger partial charge in [-0.3, -0.25) is 10.1 Å². The van der Waals surface area contributed by atoms with Gasteiger partial charge in [-0.2, -0.15) is 5.26 Å². The second kappa shape index (κ2) is 10.4. The lowest BCUT2D eigenvalue weighted by molar-refractivity contribution is -0.112. The lowest BCUT2D eigenvalue weighted by Crippen LogP contribution is -2.13. The van der Waals surface area contributed by atoms with Crippen LogP contribution < -0.4 is 10.1 Å². The Kier molecular flexibility index (Phi) is 7.58. The van der Waals surface area contributed by atoms with Crippen molar-refractivity contribution in [3.63, 3.8) is 0 Å². The number of nitrogens with one attached hydrogen (secondary N) is 1. The van der Waals surface area contributed by atoms with E-state index in [0.717, 1.165) is 16.9 Å². The lowest BCUT2D eigenvalue weighted by atomic mass is 10.1. The van der Waals surface area contributed by atoms with Gasteiger partial charge in [-0.05, 0) is 41.5 Å². The van der Waals surface area contributed by atoms with Gasteiger partial charge >= 0.3 is 0 Å². The van der Waals surface area contributed by atoms with E-state index in [-0.39, 0.29) is 20.8 Å². The van der Waals surface area contributed by atoms with Crippen molar-refractivity contribution in [2.45, 2.75) is 17.9 Å². The maximum Gasteiger partial charge on any atom is 0.268 e. The van der Waals surface area contributed by atoms with Gasteiger partial charge in [0.25, 0.3) is 5.91 Å². The minimum absolute atomic E-state index is 0.00544. The van der Waals surface area contributed by atoms with Gasteiger partial charge in [-0.25, -0.2) is 8.42 Å². The van der Waals surface area contributed by atoms with Gasteiger partial charge in [-0.15, -0.1) is 10.2 Å². The second-order valence-electron chi connectivity index (χ2n) is 6.38. The Hall–Kier alpha value is -3.26. The Balaban J connectivity index is 1.64.